The molecule has 1 unspecified atom stereocenters. The molecule has 5 heteroatoms. The van der Waals surface area contributed by atoms with E-state index in [0.29, 0.717) is 6.04 Å². The third kappa shape index (κ3) is 5.53. The number of nitrogens with two attached hydrogens (primary N) is 1. The lowest BCUT2D eigenvalue weighted by atomic mass is 9.94. The molecular formula is C16H23ClN2OS. The zero-order valence-electron chi connectivity index (χ0n) is 12.4. The Morgan fingerprint density at radius 2 is 2.05 bits per heavy atom. The number of primary amides is 1. The Morgan fingerprint density at radius 3 is 2.62 bits per heavy atom. The van der Waals surface area contributed by atoms with E-state index < -0.39 is 5.54 Å². The van der Waals surface area contributed by atoms with E-state index in [1.807, 2.05) is 43.0 Å². The average Bonchev–Trinajstić information content (AvgIpc) is 3.24. The third-order valence-corrected chi connectivity index (χ3v) is 5.15. The number of carbonyl (C=O) groups is 1. The molecule has 3 nitrogen and oxygen atoms in total. The summed E-state index contributed by atoms with van der Waals surface area (Å²) >= 11 is 7.68. The second-order valence-electron chi connectivity index (χ2n) is 5.87. The minimum atomic E-state index is -0.549. The summed E-state index contributed by atoms with van der Waals surface area (Å²) in [5, 5.41) is 4.15. The van der Waals surface area contributed by atoms with E-state index in [9.17, 15) is 4.79 Å². The summed E-state index contributed by atoms with van der Waals surface area (Å²) in [6.45, 7) is 1.93. The number of thioether (sulfide) groups is 1. The first-order valence-corrected chi connectivity index (χ1v) is 8.82. The van der Waals surface area contributed by atoms with Crippen LogP contribution in [-0.4, -0.2) is 23.2 Å². The molecule has 0 spiro atoms. The van der Waals surface area contributed by atoms with Gasteiger partial charge in [0.1, 0.15) is 0 Å². The molecule has 1 atom stereocenters. The van der Waals surface area contributed by atoms with Gasteiger partial charge in [0, 0.05) is 16.0 Å². The molecule has 0 aromatic heterocycles. The molecule has 0 radical (unpaired) electrons. The van der Waals surface area contributed by atoms with Crippen molar-refractivity contribution in [1.29, 1.82) is 0 Å². The van der Waals surface area contributed by atoms with Crippen LogP contribution in [0.15, 0.2) is 29.2 Å². The predicted molar refractivity (Wildman–Crippen MR) is 89.8 cm³/mol. The van der Waals surface area contributed by atoms with Crippen molar-refractivity contribution in [3.8, 4) is 0 Å². The van der Waals surface area contributed by atoms with Crippen molar-refractivity contribution in [3.63, 3.8) is 0 Å². The van der Waals surface area contributed by atoms with Crippen LogP contribution in [0, 0.1) is 0 Å². The van der Waals surface area contributed by atoms with Crippen LogP contribution in [-0.2, 0) is 4.79 Å². The van der Waals surface area contributed by atoms with Gasteiger partial charge in [0.15, 0.2) is 0 Å². The largest absolute Gasteiger partial charge is 0.368 e. The fourth-order valence-corrected chi connectivity index (χ4v) is 3.28. The van der Waals surface area contributed by atoms with Gasteiger partial charge in [0.2, 0.25) is 5.91 Å². The molecule has 0 bridgehead atoms. The highest BCUT2D eigenvalue weighted by molar-refractivity contribution is 7.99. The van der Waals surface area contributed by atoms with Crippen LogP contribution in [0.25, 0.3) is 0 Å². The van der Waals surface area contributed by atoms with E-state index >= 15 is 0 Å². The number of rotatable bonds is 9. The molecule has 1 fully saturated rings. The number of hydrogen-bond acceptors (Lipinski definition) is 3. The summed E-state index contributed by atoms with van der Waals surface area (Å²) in [7, 11) is 0. The van der Waals surface area contributed by atoms with E-state index in [4.69, 9.17) is 17.3 Å². The Kier molecular flexibility index (Phi) is 5.97. The van der Waals surface area contributed by atoms with E-state index in [-0.39, 0.29) is 5.91 Å². The van der Waals surface area contributed by atoms with Crippen molar-refractivity contribution < 1.29 is 4.79 Å². The molecule has 1 saturated carbocycles. The van der Waals surface area contributed by atoms with Crippen LogP contribution in [0.5, 0.6) is 0 Å². The highest BCUT2D eigenvalue weighted by Crippen LogP contribution is 2.26. The van der Waals surface area contributed by atoms with Gasteiger partial charge in [-0.25, -0.2) is 0 Å². The number of benzene rings is 1. The topological polar surface area (TPSA) is 55.1 Å². The summed E-state index contributed by atoms with van der Waals surface area (Å²) < 4.78 is 0. The van der Waals surface area contributed by atoms with Gasteiger partial charge in [-0.1, -0.05) is 18.0 Å². The van der Waals surface area contributed by atoms with Crippen molar-refractivity contribution in [3.05, 3.63) is 29.3 Å². The minimum absolute atomic E-state index is 0.236. The van der Waals surface area contributed by atoms with Crippen molar-refractivity contribution in [2.45, 2.75) is 55.5 Å². The van der Waals surface area contributed by atoms with Gasteiger partial charge in [0.05, 0.1) is 5.54 Å². The molecule has 1 aliphatic carbocycles. The molecule has 21 heavy (non-hydrogen) atoms. The lowest BCUT2D eigenvalue weighted by molar-refractivity contribution is -0.124. The molecule has 0 aliphatic heterocycles. The lowest BCUT2D eigenvalue weighted by Gasteiger charge is -2.27. The van der Waals surface area contributed by atoms with Gasteiger partial charge in [-0.2, -0.15) is 0 Å². The summed E-state index contributed by atoms with van der Waals surface area (Å²) in [6.07, 6.45) is 5.20. The SMILES string of the molecule is CC(CCCCSc1ccc(Cl)cc1)(NC1CC1)C(N)=O. The first kappa shape index (κ1) is 16.7. The van der Waals surface area contributed by atoms with Crippen molar-refractivity contribution in [1.82, 2.24) is 5.32 Å². The number of unbranched alkanes of at least 4 members (excludes halogenated alkanes) is 1. The molecule has 1 amide bonds. The van der Waals surface area contributed by atoms with Gasteiger partial charge < -0.3 is 11.1 Å². The van der Waals surface area contributed by atoms with Crippen LogP contribution < -0.4 is 11.1 Å². The summed E-state index contributed by atoms with van der Waals surface area (Å²) in [4.78, 5) is 12.9. The summed E-state index contributed by atoms with van der Waals surface area (Å²) in [5.74, 6) is 0.805. The molecule has 2 rings (SSSR count). The standard InChI is InChI=1S/C16H23ClN2OS/c1-16(15(18)20,19-13-6-7-13)10-2-3-11-21-14-8-4-12(17)5-9-14/h4-5,8-9,13,19H,2-3,6-7,10-11H2,1H3,(H2,18,20). The van der Waals surface area contributed by atoms with Crippen LogP contribution in [0.2, 0.25) is 5.02 Å². The first-order chi connectivity index (χ1) is 9.99. The fraction of sp³-hybridized carbons (Fsp3) is 0.562. The van der Waals surface area contributed by atoms with Gasteiger partial charge in [0.25, 0.3) is 0 Å². The second kappa shape index (κ2) is 7.52. The number of hydrogen-bond donors (Lipinski definition) is 2. The first-order valence-electron chi connectivity index (χ1n) is 7.45. The maximum atomic E-state index is 11.6. The molecule has 1 aromatic rings. The van der Waals surface area contributed by atoms with Crippen LogP contribution >= 0.6 is 23.4 Å². The highest BCUT2D eigenvalue weighted by Gasteiger charge is 2.36. The molecule has 0 heterocycles. The zero-order chi connectivity index (χ0) is 15.3. The molecule has 1 aromatic carbocycles. The number of halogens is 1. The average molecular weight is 327 g/mol. The number of amides is 1. The second-order valence-corrected chi connectivity index (χ2v) is 7.48. The maximum Gasteiger partial charge on any atom is 0.237 e. The van der Waals surface area contributed by atoms with Crippen LogP contribution in [0.4, 0.5) is 0 Å². The van der Waals surface area contributed by atoms with Crippen LogP contribution in [0.3, 0.4) is 0 Å². The van der Waals surface area contributed by atoms with E-state index in [2.05, 4.69) is 5.32 Å². The lowest BCUT2D eigenvalue weighted by Crippen LogP contribution is -2.53. The predicted octanol–water partition coefficient (Wildman–Crippen LogP) is 3.60. The molecule has 116 valence electrons. The summed E-state index contributed by atoms with van der Waals surface area (Å²) in [5.41, 5.74) is 5.00. The Bertz CT molecular complexity index is 476. The molecule has 1 aliphatic rings. The van der Waals surface area contributed by atoms with Gasteiger partial charge in [-0.05, 0) is 62.6 Å². The van der Waals surface area contributed by atoms with Crippen molar-refractivity contribution >= 4 is 29.3 Å². The van der Waals surface area contributed by atoms with Crippen LogP contribution in [0.1, 0.15) is 39.0 Å². The zero-order valence-corrected chi connectivity index (χ0v) is 14.0. The van der Waals surface area contributed by atoms with Gasteiger partial charge >= 0.3 is 0 Å². The summed E-state index contributed by atoms with van der Waals surface area (Å²) in [6, 6.07) is 8.39. The van der Waals surface area contributed by atoms with Gasteiger partial charge in [-0.3, -0.25) is 4.79 Å². The van der Waals surface area contributed by atoms with Crippen molar-refractivity contribution in [2.24, 2.45) is 5.73 Å². The van der Waals surface area contributed by atoms with Crippen molar-refractivity contribution in [2.75, 3.05) is 5.75 Å². The molecular weight excluding hydrogens is 304 g/mol. The molecule has 3 N–H and O–H groups in total. The van der Waals surface area contributed by atoms with Gasteiger partial charge in [-0.15, -0.1) is 11.8 Å². The monoisotopic (exact) mass is 326 g/mol. The van der Waals surface area contributed by atoms with E-state index in [0.717, 1.165) is 42.9 Å². The highest BCUT2D eigenvalue weighted by atomic mass is 35.5. The minimum Gasteiger partial charge on any atom is -0.368 e. The molecule has 0 saturated heterocycles. The normalized spacial score (nSPS) is 17.4. The number of carbonyl (C=O) groups excluding carboxylic acids is 1. The maximum absolute atomic E-state index is 11.6. The third-order valence-electron chi connectivity index (χ3n) is 3.80. The van der Waals surface area contributed by atoms with E-state index in [1.165, 1.54) is 4.90 Å². The Labute approximate surface area is 136 Å². The Hall–Kier alpha value is -0.710. The fourth-order valence-electron chi connectivity index (χ4n) is 2.25. The Morgan fingerprint density at radius 1 is 1.38 bits per heavy atom. The quantitative estimate of drug-likeness (QED) is 0.538. The smallest absolute Gasteiger partial charge is 0.237 e. The Balaban J connectivity index is 1.67. The number of nitrogens with one attached hydrogen (secondary N) is 1. The van der Waals surface area contributed by atoms with E-state index in [1.54, 1.807) is 0 Å².